The highest BCUT2D eigenvalue weighted by atomic mass is 32.2. The van der Waals surface area contributed by atoms with Crippen LogP contribution in [-0.2, 0) is 4.79 Å². The van der Waals surface area contributed by atoms with Crippen LogP contribution in [0.25, 0.3) is 0 Å². The van der Waals surface area contributed by atoms with Crippen LogP contribution in [-0.4, -0.2) is 35.1 Å². The molecule has 28 heavy (non-hydrogen) atoms. The van der Waals surface area contributed by atoms with Gasteiger partial charge in [-0.25, -0.2) is 0 Å². The fraction of sp³-hybridized carbons (Fsp3) is 0.211. The molecule has 0 unspecified atom stereocenters. The summed E-state index contributed by atoms with van der Waals surface area (Å²) >= 11 is 2.77. The zero-order chi connectivity index (χ0) is 19.3. The first-order valence-corrected chi connectivity index (χ1v) is 10.5. The van der Waals surface area contributed by atoms with Gasteiger partial charge in [0, 0.05) is 17.4 Å². The number of hydrogen-bond donors (Lipinski definition) is 2. The van der Waals surface area contributed by atoms with E-state index in [0.29, 0.717) is 35.5 Å². The van der Waals surface area contributed by atoms with Crippen LogP contribution in [0.4, 0.5) is 16.5 Å². The van der Waals surface area contributed by atoms with Gasteiger partial charge in [-0.15, -0.1) is 10.2 Å². The fourth-order valence-corrected chi connectivity index (χ4v) is 4.16. The summed E-state index contributed by atoms with van der Waals surface area (Å²) in [6.07, 6.45) is 0. The number of aromatic nitrogens is 2. The van der Waals surface area contributed by atoms with Gasteiger partial charge < -0.3 is 20.1 Å². The Labute approximate surface area is 170 Å². The first-order chi connectivity index (χ1) is 13.7. The predicted octanol–water partition coefficient (Wildman–Crippen LogP) is 4.09. The lowest BCUT2D eigenvalue weighted by atomic mass is 10.2. The Morgan fingerprint density at radius 3 is 2.82 bits per heavy atom. The Balaban J connectivity index is 1.30. The molecule has 1 aromatic heterocycles. The molecular formula is C19H18N4O3S2. The van der Waals surface area contributed by atoms with Gasteiger partial charge in [-0.2, -0.15) is 0 Å². The van der Waals surface area contributed by atoms with Gasteiger partial charge in [-0.05, 0) is 30.7 Å². The number of para-hydroxylation sites is 1. The van der Waals surface area contributed by atoms with Crippen molar-refractivity contribution in [2.75, 3.05) is 29.6 Å². The van der Waals surface area contributed by atoms with E-state index >= 15 is 0 Å². The Bertz CT molecular complexity index is 993. The van der Waals surface area contributed by atoms with Crippen LogP contribution < -0.4 is 20.1 Å². The smallest absolute Gasteiger partial charge is 0.234 e. The minimum atomic E-state index is -0.120. The molecule has 0 spiro atoms. The van der Waals surface area contributed by atoms with Gasteiger partial charge in [0.2, 0.25) is 11.0 Å². The van der Waals surface area contributed by atoms with Gasteiger partial charge >= 0.3 is 0 Å². The highest BCUT2D eigenvalue weighted by Crippen LogP contribution is 2.33. The lowest BCUT2D eigenvalue weighted by Gasteiger charge is -2.18. The van der Waals surface area contributed by atoms with Crippen molar-refractivity contribution in [3.05, 3.63) is 48.0 Å². The Morgan fingerprint density at radius 1 is 1.14 bits per heavy atom. The number of fused-ring (bicyclic) bond motifs is 1. The van der Waals surface area contributed by atoms with E-state index < -0.39 is 0 Å². The predicted molar refractivity (Wildman–Crippen MR) is 111 cm³/mol. The zero-order valence-corrected chi connectivity index (χ0v) is 16.7. The zero-order valence-electron chi connectivity index (χ0n) is 15.1. The third kappa shape index (κ3) is 4.55. The fourth-order valence-electron chi connectivity index (χ4n) is 2.59. The van der Waals surface area contributed by atoms with E-state index in [1.165, 1.54) is 23.1 Å². The molecule has 1 aliphatic heterocycles. The Kier molecular flexibility index (Phi) is 5.63. The van der Waals surface area contributed by atoms with Crippen molar-refractivity contribution < 1.29 is 14.3 Å². The van der Waals surface area contributed by atoms with Crippen molar-refractivity contribution in [3.63, 3.8) is 0 Å². The van der Waals surface area contributed by atoms with Gasteiger partial charge in [0.05, 0.1) is 5.75 Å². The van der Waals surface area contributed by atoms with Crippen LogP contribution in [0, 0.1) is 6.92 Å². The van der Waals surface area contributed by atoms with Crippen molar-refractivity contribution in [2.24, 2.45) is 0 Å². The molecule has 0 atom stereocenters. The third-order valence-corrected chi connectivity index (χ3v) is 5.92. The maximum absolute atomic E-state index is 12.2. The summed E-state index contributed by atoms with van der Waals surface area (Å²) in [5.41, 5.74) is 2.80. The van der Waals surface area contributed by atoms with E-state index in [9.17, 15) is 4.79 Å². The minimum Gasteiger partial charge on any atom is -0.486 e. The Hall–Kier alpha value is -2.78. The Morgan fingerprint density at radius 2 is 1.96 bits per heavy atom. The molecule has 4 rings (SSSR count). The second-order valence-electron chi connectivity index (χ2n) is 6.01. The number of carbonyl (C=O) groups is 1. The number of thioether (sulfide) groups is 1. The van der Waals surface area contributed by atoms with Crippen LogP contribution in [0.15, 0.2) is 46.8 Å². The van der Waals surface area contributed by atoms with Crippen molar-refractivity contribution in [3.8, 4) is 11.5 Å². The van der Waals surface area contributed by atoms with Crippen LogP contribution in [0.2, 0.25) is 0 Å². The van der Waals surface area contributed by atoms with Crippen LogP contribution in [0.5, 0.6) is 11.5 Å². The number of benzene rings is 2. The number of carbonyl (C=O) groups excluding carboxylic acids is 1. The third-order valence-electron chi connectivity index (χ3n) is 3.95. The van der Waals surface area contributed by atoms with E-state index in [2.05, 4.69) is 20.8 Å². The summed E-state index contributed by atoms with van der Waals surface area (Å²) in [5.74, 6) is 1.46. The second kappa shape index (κ2) is 8.49. The van der Waals surface area contributed by atoms with Crippen molar-refractivity contribution in [1.29, 1.82) is 0 Å². The standard InChI is InChI=1S/C19H18N4O3S2/c1-12-4-2-3-5-14(12)21-18-22-23-19(28-18)27-11-17(24)20-13-6-7-15-16(10-13)26-9-8-25-15/h2-7,10H,8-9,11H2,1H3,(H,20,24)(H,21,22). The number of aryl methyl sites for hydroxylation is 1. The van der Waals surface area contributed by atoms with Gasteiger partial charge in [-0.1, -0.05) is 41.3 Å². The molecule has 0 bridgehead atoms. The quantitative estimate of drug-likeness (QED) is 0.588. The van der Waals surface area contributed by atoms with Crippen LogP contribution in [0.3, 0.4) is 0 Å². The summed E-state index contributed by atoms with van der Waals surface area (Å²) in [7, 11) is 0. The molecule has 0 saturated heterocycles. The topological polar surface area (TPSA) is 85.4 Å². The molecule has 3 aromatic rings. The lowest BCUT2D eigenvalue weighted by Crippen LogP contribution is -2.17. The van der Waals surface area contributed by atoms with Crippen molar-refractivity contribution in [2.45, 2.75) is 11.3 Å². The summed E-state index contributed by atoms with van der Waals surface area (Å²) in [6.45, 7) is 3.08. The maximum Gasteiger partial charge on any atom is 0.234 e. The summed E-state index contributed by atoms with van der Waals surface area (Å²) in [5, 5.41) is 15.1. The SMILES string of the molecule is Cc1ccccc1Nc1nnc(SCC(=O)Nc2ccc3c(c2)OCCO3)s1. The molecule has 2 aromatic carbocycles. The van der Waals surface area contributed by atoms with E-state index in [1.807, 2.05) is 31.2 Å². The first kappa shape index (κ1) is 18.6. The average Bonchev–Trinajstić information content (AvgIpc) is 3.16. The van der Waals surface area contributed by atoms with Gasteiger partial charge in [0.15, 0.2) is 15.8 Å². The number of hydrogen-bond acceptors (Lipinski definition) is 8. The van der Waals surface area contributed by atoms with Crippen molar-refractivity contribution >= 4 is 45.5 Å². The normalized spacial score (nSPS) is 12.5. The molecule has 1 amide bonds. The summed E-state index contributed by atoms with van der Waals surface area (Å²) in [6, 6.07) is 13.3. The maximum atomic E-state index is 12.2. The molecule has 0 saturated carbocycles. The summed E-state index contributed by atoms with van der Waals surface area (Å²) in [4.78, 5) is 12.2. The molecule has 9 heteroatoms. The number of nitrogens with zero attached hydrogens (tertiary/aromatic N) is 2. The molecule has 0 radical (unpaired) electrons. The number of anilines is 3. The highest BCUT2D eigenvalue weighted by molar-refractivity contribution is 8.01. The molecule has 7 nitrogen and oxygen atoms in total. The van der Waals surface area contributed by atoms with E-state index in [0.717, 1.165) is 15.6 Å². The largest absolute Gasteiger partial charge is 0.486 e. The molecule has 2 heterocycles. The second-order valence-corrected chi connectivity index (χ2v) is 8.21. The van der Waals surface area contributed by atoms with Crippen LogP contribution >= 0.6 is 23.1 Å². The average molecular weight is 415 g/mol. The molecule has 0 fully saturated rings. The van der Waals surface area contributed by atoms with E-state index in [1.54, 1.807) is 18.2 Å². The van der Waals surface area contributed by atoms with Gasteiger partial charge in [-0.3, -0.25) is 4.79 Å². The van der Waals surface area contributed by atoms with Crippen LogP contribution in [0.1, 0.15) is 5.56 Å². The molecule has 0 aliphatic carbocycles. The number of rotatable bonds is 6. The van der Waals surface area contributed by atoms with E-state index in [4.69, 9.17) is 9.47 Å². The number of ether oxygens (including phenoxy) is 2. The summed E-state index contributed by atoms with van der Waals surface area (Å²) < 4.78 is 11.7. The molecule has 2 N–H and O–H groups in total. The first-order valence-electron chi connectivity index (χ1n) is 8.66. The molecule has 144 valence electrons. The van der Waals surface area contributed by atoms with E-state index in [-0.39, 0.29) is 11.7 Å². The molecular weight excluding hydrogens is 396 g/mol. The lowest BCUT2D eigenvalue weighted by molar-refractivity contribution is -0.113. The number of nitrogens with one attached hydrogen (secondary N) is 2. The van der Waals surface area contributed by atoms with Crippen molar-refractivity contribution in [1.82, 2.24) is 10.2 Å². The number of amides is 1. The highest BCUT2D eigenvalue weighted by Gasteiger charge is 2.14. The monoisotopic (exact) mass is 414 g/mol. The van der Waals surface area contributed by atoms with Gasteiger partial charge in [0.1, 0.15) is 13.2 Å². The van der Waals surface area contributed by atoms with Gasteiger partial charge in [0.25, 0.3) is 0 Å². The minimum absolute atomic E-state index is 0.120. The molecule has 1 aliphatic rings.